The SMILES string of the molecule is COc1ccc(-c2cnc(NC(=O)Cc3ccc(F)c(F)c3)c(CC(C)C)n2)cc1. The van der Waals surface area contributed by atoms with Crippen molar-refractivity contribution in [3.8, 4) is 17.0 Å². The van der Waals surface area contributed by atoms with Crippen molar-refractivity contribution < 1.29 is 18.3 Å². The number of rotatable bonds is 7. The maximum absolute atomic E-state index is 13.4. The zero-order valence-electron chi connectivity index (χ0n) is 17.1. The number of nitrogens with zero attached hydrogens (tertiary/aromatic N) is 2. The number of methoxy groups -OCH3 is 1. The first kappa shape index (κ1) is 21.4. The van der Waals surface area contributed by atoms with Gasteiger partial charge in [-0.15, -0.1) is 0 Å². The van der Waals surface area contributed by atoms with Gasteiger partial charge in [0, 0.05) is 5.56 Å². The Labute approximate surface area is 174 Å². The smallest absolute Gasteiger partial charge is 0.229 e. The maximum atomic E-state index is 13.4. The molecule has 1 aromatic heterocycles. The molecule has 2 aromatic carbocycles. The number of amides is 1. The molecule has 1 amide bonds. The third-order valence-corrected chi connectivity index (χ3v) is 4.44. The number of ether oxygens (including phenoxy) is 1. The lowest BCUT2D eigenvalue weighted by molar-refractivity contribution is -0.115. The Morgan fingerprint density at radius 3 is 2.47 bits per heavy atom. The summed E-state index contributed by atoms with van der Waals surface area (Å²) in [5.41, 5.74) is 2.61. The summed E-state index contributed by atoms with van der Waals surface area (Å²) in [4.78, 5) is 21.5. The normalized spacial score (nSPS) is 10.9. The fraction of sp³-hybridized carbons (Fsp3) is 0.261. The first-order valence-corrected chi connectivity index (χ1v) is 9.60. The molecule has 0 bridgehead atoms. The van der Waals surface area contributed by atoms with Crippen LogP contribution in [0, 0.1) is 17.6 Å². The zero-order chi connectivity index (χ0) is 21.7. The molecule has 7 heteroatoms. The quantitative estimate of drug-likeness (QED) is 0.606. The number of anilines is 1. The van der Waals surface area contributed by atoms with Crippen molar-refractivity contribution in [2.24, 2.45) is 5.92 Å². The molecule has 3 aromatic rings. The molecule has 0 atom stereocenters. The molecule has 30 heavy (non-hydrogen) atoms. The highest BCUT2D eigenvalue weighted by Crippen LogP contribution is 2.24. The van der Waals surface area contributed by atoms with Crippen molar-refractivity contribution in [1.82, 2.24) is 9.97 Å². The van der Waals surface area contributed by atoms with Crippen LogP contribution in [-0.4, -0.2) is 23.0 Å². The monoisotopic (exact) mass is 411 g/mol. The highest BCUT2D eigenvalue weighted by Gasteiger charge is 2.15. The summed E-state index contributed by atoms with van der Waals surface area (Å²) in [6, 6.07) is 10.9. The van der Waals surface area contributed by atoms with Gasteiger partial charge in [-0.1, -0.05) is 19.9 Å². The highest BCUT2D eigenvalue weighted by atomic mass is 19.2. The van der Waals surface area contributed by atoms with Crippen LogP contribution in [0.1, 0.15) is 25.1 Å². The van der Waals surface area contributed by atoms with E-state index in [1.165, 1.54) is 6.07 Å². The van der Waals surface area contributed by atoms with E-state index in [1.54, 1.807) is 13.3 Å². The van der Waals surface area contributed by atoms with Crippen molar-refractivity contribution in [2.45, 2.75) is 26.7 Å². The average molecular weight is 411 g/mol. The van der Waals surface area contributed by atoms with E-state index in [4.69, 9.17) is 9.72 Å². The summed E-state index contributed by atoms with van der Waals surface area (Å²) in [5, 5.41) is 2.75. The summed E-state index contributed by atoms with van der Waals surface area (Å²) in [5.74, 6) is -0.892. The Morgan fingerprint density at radius 1 is 1.10 bits per heavy atom. The van der Waals surface area contributed by atoms with E-state index in [1.807, 2.05) is 24.3 Å². The van der Waals surface area contributed by atoms with Gasteiger partial charge >= 0.3 is 0 Å². The van der Waals surface area contributed by atoms with Gasteiger partial charge in [0.25, 0.3) is 0 Å². The average Bonchev–Trinajstić information content (AvgIpc) is 2.72. The molecule has 0 saturated carbocycles. The van der Waals surface area contributed by atoms with Gasteiger partial charge in [-0.2, -0.15) is 0 Å². The van der Waals surface area contributed by atoms with Crippen LogP contribution in [0.4, 0.5) is 14.6 Å². The van der Waals surface area contributed by atoms with Gasteiger partial charge in [0.2, 0.25) is 5.91 Å². The lowest BCUT2D eigenvalue weighted by Crippen LogP contribution is -2.18. The van der Waals surface area contributed by atoms with Gasteiger partial charge in [-0.3, -0.25) is 4.79 Å². The molecule has 1 heterocycles. The fourth-order valence-electron chi connectivity index (χ4n) is 2.97. The van der Waals surface area contributed by atoms with Crippen molar-refractivity contribution in [3.05, 3.63) is 71.6 Å². The largest absolute Gasteiger partial charge is 0.497 e. The number of carbonyl (C=O) groups is 1. The van der Waals surface area contributed by atoms with E-state index >= 15 is 0 Å². The minimum absolute atomic E-state index is 0.0970. The van der Waals surface area contributed by atoms with Gasteiger partial charge in [-0.25, -0.2) is 18.7 Å². The van der Waals surface area contributed by atoms with Crippen LogP contribution in [0.2, 0.25) is 0 Å². The van der Waals surface area contributed by atoms with Crippen LogP contribution in [0.5, 0.6) is 5.75 Å². The van der Waals surface area contributed by atoms with E-state index in [-0.39, 0.29) is 12.3 Å². The predicted octanol–water partition coefficient (Wildman–Crippen LogP) is 4.81. The number of aromatic nitrogens is 2. The van der Waals surface area contributed by atoms with Crippen LogP contribution in [0.15, 0.2) is 48.7 Å². The van der Waals surface area contributed by atoms with Crippen LogP contribution >= 0.6 is 0 Å². The molecule has 0 aliphatic carbocycles. The second kappa shape index (κ2) is 9.43. The number of hydrogen-bond donors (Lipinski definition) is 1. The van der Waals surface area contributed by atoms with E-state index < -0.39 is 11.6 Å². The molecule has 156 valence electrons. The number of benzene rings is 2. The number of hydrogen-bond acceptors (Lipinski definition) is 4. The number of nitrogens with one attached hydrogen (secondary N) is 1. The topological polar surface area (TPSA) is 64.1 Å². The van der Waals surface area contributed by atoms with E-state index in [9.17, 15) is 13.6 Å². The lowest BCUT2D eigenvalue weighted by Gasteiger charge is -2.13. The fourth-order valence-corrected chi connectivity index (χ4v) is 2.97. The Balaban J connectivity index is 1.81. The molecule has 0 fully saturated rings. The summed E-state index contributed by atoms with van der Waals surface area (Å²) < 4.78 is 31.6. The number of carbonyl (C=O) groups excluding carboxylic acids is 1. The Morgan fingerprint density at radius 2 is 1.83 bits per heavy atom. The lowest BCUT2D eigenvalue weighted by atomic mass is 10.1. The molecule has 0 unspecified atom stereocenters. The van der Waals surface area contributed by atoms with Crippen molar-refractivity contribution >= 4 is 11.7 Å². The van der Waals surface area contributed by atoms with Gasteiger partial charge in [-0.05, 0) is 54.3 Å². The standard InChI is InChI=1S/C23H23F2N3O2/c1-14(2)10-20-23(28-22(29)12-15-4-9-18(24)19(25)11-15)26-13-21(27-20)16-5-7-17(30-3)8-6-16/h4-9,11,13-14H,10,12H2,1-3H3,(H,26,28,29). The minimum atomic E-state index is -0.982. The molecule has 1 N–H and O–H groups in total. The Kier molecular flexibility index (Phi) is 6.72. The second-order valence-electron chi connectivity index (χ2n) is 7.35. The molecular weight excluding hydrogens is 388 g/mol. The molecule has 0 saturated heterocycles. The number of halogens is 2. The van der Waals surface area contributed by atoms with Crippen LogP contribution in [-0.2, 0) is 17.6 Å². The zero-order valence-corrected chi connectivity index (χ0v) is 17.1. The third kappa shape index (κ3) is 5.37. The van der Waals surface area contributed by atoms with E-state index in [0.29, 0.717) is 35.1 Å². The summed E-state index contributed by atoms with van der Waals surface area (Å²) in [6.07, 6.45) is 2.12. The van der Waals surface area contributed by atoms with Crippen LogP contribution < -0.4 is 10.1 Å². The molecule has 5 nitrogen and oxygen atoms in total. The van der Waals surface area contributed by atoms with Crippen LogP contribution in [0.25, 0.3) is 11.3 Å². The van der Waals surface area contributed by atoms with Crippen molar-refractivity contribution in [3.63, 3.8) is 0 Å². The van der Waals surface area contributed by atoms with E-state index in [2.05, 4.69) is 24.1 Å². The minimum Gasteiger partial charge on any atom is -0.497 e. The summed E-state index contributed by atoms with van der Waals surface area (Å²) >= 11 is 0. The molecular formula is C23H23F2N3O2. The second-order valence-corrected chi connectivity index (χ2v) is 7.35. The Bertz CT molecular complexity index is 1040. The summed E-state index contributed by atoms with van der Waals surface area (Å²) in [6.45, 7) is 4.10. The van der Waals surface area contributed by atoms with Gasteiger partial charge in [0.05, 0.1) is 31.1 Å². The van der Waals surface area contributed by atoms with Crippen molar-refractivity contribution in [1.29, 1.82) is 0 Å². The molecule has 0 aliphatic heterocycles. The van der Waals surface area contributed by atoms with Crippen LogP contribution in [0.3, 0.4) is 0 Å². The van der Waals surface area contributed by atoms with Crippen molar-refractivity contribution in [2.75, 3.05) is 12.4 Å². The summed E-state index contributed by atoms with van der Waals surface area (Å²) in [7, 11) is 1.60. The molecule has 0 aliphatic rings. The van der Waals surface area contributed by atoms with Gasteiger partial charge in [0.1, 0.15) is 5.75 Å². The van der Waals surface area contributed by atoms with Gasteiger partial charge < -0.3 is 10.1 Å². The maximum Gasteiger partial charge on any atom is 0.229 e. The molecule has 0 spiro atoms. The first-order valence-electron chi connectivity index (χ1n) is 9.60. The van der Waals surface area contributed by atoms with Gasteiger partial charge in [0.15, 0.2) is 17.5 Å². The van der Waals surface area contributed by atoms with E-state index in [0.717, 1.165) is 23.4 Å². The molecule has 3 rings (SSSR count). The first-order chi connectivity index (χ1) is 14.4. The third-order valence-electron chi connectivity index (χ3n) is 4.44. The predicted molar refractivity (Wildman–Crippen MR) is 111 cm³/mol. The Hall–Kier alpha value is -3.35. The highest BCUT2D eigenvalue weighted by molar-refractivity contribution is 5.92. The molecule has 0 radical (unpaired) electrons.